The van der Waals surface area contributed by atoms with Gasteiger partial charge < -0.3 is 0 Å². The van der Waals surface area contributed by atoms with Gasteiger partial charge in [-0.25, -0.2) is 0 Å². The molecule has 3 heterocycles. The van der Waals surface area contributed by atoms with Crippen molar-refractivity contribution >= 4 is 43.2 Å². The van der Waals surface area contributed by atoms with Crippen LogP contribution in [0.15, 0.2) is 0 Å². The highest BCUT2D eigenvalue weighted by Crippen LogP contribution is 2.66. The first kappa shape index (κ1) is 15.4. The van der Waals surface area contributed by atoms with Crippen LogP contribution in [0.3, 0.4) is 0 Å². The average molecular weight is 335 g/mol. The van der Waals surface area contributed by atoms with E-state index in [0.29, 0.717) is 0 Å². The van der Waals surface area contributed by atoms with Crippen molar-refractivity contribution in [1.82, 2.24) is 0 Å². The van der Waals surface area contributed by atoms with Crippen molar-refractivity contribution in [3.05, 3.63) is 0 Å². The highest BCUT2D eigenvalue weighted by molar-refractivity contribution is 8.15. The third kappa shape index (κ3) is 4.24. The fourth-order valence-electron chi connectivity index (χ4n) is 3.43. The van der Waals surface area contributed by atoms with Gasteiger partial charge in [0.2, 0.25) is 0 Å². The third-order valence-electron chi connectivity index (χ3n) is 4.46. The Hall–Kier alpha value is 1.48. The summed E-state index contributed by atoms with van der Waals surface area (Å²) in [6, 6.07) is 0. The van der Waals surface area contributed by atoms with Crippen molar-refractivity contribution in [3.8, 4) is 0 Å². The van der Waals surface area contributed by atoms with Gasteiger partial charge >= 0.3 is 0 Å². The van der Waals surface area contributed by atoms with E-state index in [-0.39, 0.29) is 7.92 Å². The lowest BCUT2D eigenvalue weighted by atomic mass is 10.2. The average Bonchev–Trinajstić information content (AvgIpc) is 2.51. The van der Waals surface area contributed by atoms with E-state index in [2.05, 4.69) is 35.3 Å². The Morgan fingerprint density at radius 2 is 0.895 bits per heavy atom. The van der Waals surface area contributed by atoms with E-state index >= 15 is 0 Å². The molecule has 0 N–H and O–H groups in total. The molecule has 19 heavy (non-hydrogen) atoms. The summed E-state index contributed by atoms with van der Waals surface area (Å²) in [5, 5.41) is 0. The summed E-state index contributed by atoms with van der Waals surface area (Å²) >= 11 is 7.08. The SMILES string of the molecule is C1CCC(P(C2CCCCS2)C2CCCCS2)SC1. The van der Waals surface area contributed by atoms with Gasteiger partial charge in [-0.3, -0.25) is 0 Å². The van der Waals surface area contributed by atoms with Crippen LogP contribution in [0.1, 0.15) is 57.8 Å². The molecular formula is C15H27PS3. The van der Waals surface area contributed by atoms with Gasteiger partial charge in [0, 0.05) is 15.0 Å². The molecule has 3 aliphatic heterocycles. The van der Waals surface area contributed by atoms with Crippen LogP contribution in [0, 0.1) is 0 Å². The fourth-order valence-corrected chi connectivity index (χ4v) is 15.3. The zero-order chi connectivity index (χ0) is 12.9. The number of hydrogen-bond donors (Lipinski definition) is 0. The molecule has 0 radical (unpaired) electrons. The molecule has 0 aromatic heterocycles. The van der Waals surface area contributed by atoms with Crippen LogP contribution in [0.4, 0.5) is 0 Å². The summed E-state index contributed by atoms with van der Waals surface area (Å²) in [5.74, 6) is 4.37. The van der Waals surface area contributed by atoms with Crippen LogP contribution in [0.5, 0.6) is 0 Å². The maximum absolute atomic E-state index is 2.36. The minimum atomic E-state index is 0.274. The van der Waals surface area contributed by atoms with Crippen molar-refractivity contribution in [1.29, 1.82) is 0 Å². The van der Waals surface area contributed by atoms with E-state index in [0.717, 1.165) is 15.0 Å². The van der Waals surface area contributed by atoms with Gasteiger partial charge in [0.05, 0.1) is 0 Å². The zero-order valence-corrected chi connectivity index (χ0v) is 15.2. The molecular weight excluding hydrogens is 307 g/mol. The molecule has 0 saturated carbocycles. The highest BCUT2D eigenvalue weighted by atomic mass is 32.2. The molecule has 0 aromatic rings. The fraction of sp³-hybridized carbons (Fsp3) is 1.00. The minimum Gasteiger partial charge on any atom is -0.154 e. The predicted octanol–water partition coefficient (Wildman–Crippen LogP) is 6.20. The van der Waals surface area contributed by atoms with E-state index in [9.17, 15) is 0 Å². The van der Waals surface area contributed by atoms with E-state index in [1.165, 1.54) is 55.8 Å². The van der Waals surface area contributed by atoms with Crippen LogP contribution in [-0.4, -0.2) is 32.2 Å². The molecule has 0 spiro atoms. The molecule has 0 nitrogen and oxygen atoms in total. The molecule has 0 amide bonds. The monoisotopic (exact) mass is 334 g/mol. The Kier molecular flexibility index (Phi) is 6.64. The third-order valence-corrected chi connectivity index (χ3v) is 14.2. The molecule has 0 bridgehead atoms. The van der Waals surface area contributed by atoms with Crippen molar-refractivity contribution in [3.63, 3.8) is 0 Å². The van der Waals surface area contributed by atoms with Crippen molar-refractivity contribution in [2.75, 3.05) is 17.3 Å². The normalized spacial score (nSPS) is 38.8. The summed E-state index contributed by atoms with van der Waals surface area (Å²) in [5.41, 5.74) is 0. The summed E-state index contributed by atoms with van der Waals surface area (Å²) in [7, 11) is 0.274. The Bertz CT molecular complexity index is 213. The van der Waals surface area contributed by atoms with E-state index in [1.807, 2.05) is 0 Å². The van der Waals surface area contributed by atoms with Crippen LogP contribution >= 0.6 is 43.2 Å². The van der Waals surface area contributed by atoms with Gasteiger partial charge in [0.15, 0.2) is 0 Å². The zero-order valence-electron chi connectivity index (χ0n) is 11.9. The lowest BCUT2D eigenvalue weighted by Gasteiger charge is -2.43. The van der Waals surface area contributed by atoms with Crippen molar-refractivity contribution < 1.29 is 0 Å². The van der Waals surface area contributed by atoms with Gasteiger partial charge in [-0.05, 0) is 55.8 Å². The van der Waals surface area contributed by atoms with E-state index in [4.69, 9.17) is 0 Å². The molecule has 110 valence electrons. The maximum Gasteiger partial charge on any atom is 0.0268 e. The molecule has 3 saturated heterocycles. The topological polar surface area (TPSA) is 0 Å². The molecule has 3 atom stereocenters. The number of hydrogen-bond acceptors (Lipinski definition) is 3. The molecule has 4 heteroatoms. The summed E-state index contributed by atoms with van der Waals surface area (Å²) in [4.78, 5) is 3.19. The van der Waals surface area contributed by atoms with Crippen LogP contribution in [0.2, 0.25) is 0 Å². The largest absolute Gasteiger partial charge is 0.154 e. The minimum absolute atomic E-state index is 0.274. The standard InChI is InChI=1S/C15H27PS3/c1-4-10-17-13(7-1)16(14-8-2-5-11-18-14)15-9-3-6-12-19-15/h13-15H,1-12H2. The Balaban J connectivity index is 1.68. The van der Waals surface area contributed by atoms with Gasteiger partial charge in [-0.15, -0.1) is 0 Å². The Morgan fingerprint density at radius 3 is 1.16 bits per heavy atom. The lowest BCUT2D eigenvalue weighted by Crippen LogP contribution is -2.24. The number of rotatable bonds is 3. The molecule has 3 aliphatic rings. The quantitative estimate of drug-likeness (QED) is 0.564. The van der Waals surface area contributed by atoms with Crippen LogP contribution in [-0.2, 0) is 0 Å². The van der Waals surface area contributed by atoms with Gasteiger partial charge in [0.25, 0.3) is 0 Å². The molecule has 0 aromatic carbocycles. The van der Waals surface area contributed by atoms with E-state index < -0.39 is 0 Å². The molecule has 3 rings (SSSR count). The van der Waals surface area contributed by atoms with Gasteiger partial charge in [-0.1, -0.05) is 27.2 Å². The second kappa shape index (κ2) is 8.20. The van der Waals surface area contributed by atoms with Gasteiger partial charge in [0.1, 0.15) is 0 Å². The summed E-state index contributed by atoms with van der Waals surface area (Å²) in [6.45, 7) is 0. The second-order valence-corrected chi connectivity index (χ2v) is 13.7. The highest BCUT2D eigenvalue weighted by Gasteiger charge is 2.37. The first-order valence-electron chi connectivity index (χ1n) is 8.07. The van der Waals surface area contributed by atoms with Crippen molar-refractivity contribution in [2.24, 2.45) is 0 Å². The Labute approximate surface area is 133 Å². The smallest absolute Gasteiger partial charge is 0.0268 e. The number of thioether (sulfide) groups is 3. The van der Waals surface area contributed by atoms with Crippen LogP contribution in [0.25, 0.3) is 0 Å². The molecule has 3 fully saturated rings. The summed E-state index contributed by atoms with van der Waals surface area (Å²) in [6.07, 6.45) is 13.7. The predicted molar refractivity (Wildman–Crippen MR) is 97.2 cm³/mol. The Morgan fingerprint density at radius 1 is 0.526 bits per heavy atom. The lowest BCUT2D eigenvalue weighted by molar-refractivity contribution is 0.705. The van der Waals surface area contributed by atoms with Crippen LogP contribution < -0.4 is 0 Å². The second-order valence-electron chi connectivity index (χ2n) is 5.91. The van der Waals surface area contributed by atoms with Crippen molar-refractivity contribution in [2.45, 2.75) is 72.8 Å². The first-order chi connectivity index (χ1) is 9.45. The van der Waals surface area contributed by atoms with E-state index in [1.54, 1.807) is 19.3 Å². The summed E-state index contributed by atoms with van der Waals surface area (Å²) < 4.78 is 0. The molecule has 3 unspecified atom stereocenters. The van der Waals surface area contributed by atoms with Gasteiger partial charge in [-0.2, -0.15) is 35.3 Å². The maximum atomic E-state index is 2.36. The molecule has 0 aliphatic carbocycles. The first-order valence-corrected chi connectivity index (χ1v) is 12.8.